The van der Waals surface area contributed by atoms with Gasteiger partial charge >= 0.3 is 23.6 Å². The van der Waals surface area contributed by atoms with Gasteiger partial charge < -0.3 is 23.7 Å². The zero-order valence-electron chi connectivity index (χ0n) is 22.4. The first-order chi connectivity index (χ1) is 20.4. The summed E-state index contributed by atoms with van der Waals surface area (Å²) in [6.45, 7) is -0.380. The van der Waals surface area contributed by atoms with Gasteiger partial charge in [0.15, 0.2) is 18.4 Å². The molecule has 0 aliphatic carbocycles. The second-order valence-electron chi connectivity index (χ2n) is 9.16. The molecule has 0 unspecified atom stereocenters. The minimum absolute atomic E-state index is 0.0625. The van der Waals surface area contributed by atoms with E-state index in [-0.39, 0.29) is 23.6 Å². The Labute approximate surface area is 240 Å². The van der Waals surface area contributed by atoms with Crippen LogP contribution in [0.4, 0.5) is 0 Å². The molecule has 11 heteroatoms. The lowest BCUT2D eigenvalue weighted by atomic mass is 10.1. The molecule has 0 saturated carbocycles. The van der Waals surface area contributed by atoms with Crippen LogP contribution in [0.2, 0.25) is 0 Å². The van der Waals surface area contributed by atoms with E-state index in [1.807, 2.05) is 0 Å². The molecule has 214 valence electrons. The SMILES string of the molecule is COc1ccn([C@H]2O[C@@H](COC(=O)c3ccccc3)[C@@H](OC(=O)c3ccccc3)[C@@H]2OC(=O)c2ccccc2)c(=O)n1. The Morgan fingerprint density at radius 3 is 1.74 bits per heavy atom. The summed E-state index contributed by atoms with van der Waals surface area (Å²) in [5.74, 6) is -2.05. The van der Waals surface area contributed by atoms with Crippen LogP contribution in [0, 0.1) is 0 Å². The standard InChI is InChI=1S/C31H26N2O9/c1-38-24-17-18-33(31(37)32-24)27-26(42-30(36)22-15-9-4-10-16-22)25(41-29(35)21-13-7-3-8-14-21)23(40-27)19-39-28(34)20-11-5-2-6-12-20/h2-18,23,25-27H,19H2,1H3/t23-,25+,26-,27-/m0/s1. The van der Waals surface area contributed by atoms with E-state index in [1.165, 1.54) is 19.4 Å². The van der Waals surface area contributed by atoms with E-state index in [0.717, 1.165) is 4.57 Å². The van der Waals surface area contributed by atoms with Crippen molar-refractivity contribution in [1.29, 1.82) is 0 Å². The molecular weight excluding hydrogens is 544 g/mol. The molecular formula is C31H26N2O9. The second-order valence-corrected chi connectivity index (χ2v) is 9.16. The van der Waals surface area contributed by atoms with Crippen molar-refractivity contribution in [2.24, 2.45) is 0 Å². The number of rotatable bonds is 9. The van der Waals surface area contributed by atoms with Gasteiger partial charge in [-0.3, -0.25) is 4.57 Å². The Morgan fingerprint density at radius 1 is 0.738 bits per heavy atom. The van der Waals surface area contributed by atoms with Crippen LogP contribution in [0.15, 0.2) is 108 Å². The Hall–Kier alpha value is -5.29. The number of esters is 3. The summed E-state index contributed by atoms with van der Waals surface area (Å²) in [7, 11) is 1.36. The zero-order chi connectivity index (χ0) is 29.5. The molecule has 0 spiro atoms. The molecule has 1 aliphatic heterocycles. The molecule has 0 amide bonds. The van der Waals surface area contributed by atoms with Crippen molar-refractivity contribution in [3.05, 3.63) is 130 Å². The summed E-state index contributed by atoms with van der Waals surface area (Å²) in [5.41, 5.74) is -0.0105. The Morgan fingerprint density at radius 2 is 1.24 bits per heavy atom. The minimum Gasteiger partial charge on any atom is -0.481 e. The fraction of sp³-hybridized carbons (Fsp3) is 0.194. The zero-order valence-corrected chi connectivity index (χ0v) is 22.4. The van der Waals surface area contributed by atoms with Crippen LogP contribution in [-0.2, 0) is 18.9 Å². The minimum atomic E-state index is -1.33. The highest BCUT2D eigenvalue weighted by Crippen LogP contribution is 2.35. The number of ether oxygens (including phenoxy) is 5. The van der Waals surface area contributed by atoms with Crippen LogP contribution >= 0.6 is 0 Å². The van der Waals surface area contributed by atoms with Gasteiger partial charge in [-0.15, -0.1) is 0 Å². The number of methoxy groups -OCH3 is 1. The van der Waals surface area contributed by atoms with Crippen LogP contribution in [0.5, 0.6) is 5.88 Å². The lowest BCUT2D eigenvalue weighted by molar-refractivity contribution is -0.0640. The first kappa shape index (κ1) is 28.2. The molecule has 1 fully saturated rings. The first-order valence-corrected chi connectivity index (χ1v) is 13.0. The molecule has 4 atom stereocenters. The summed E-state index contributed by atoms with van der Waals surface area (Å²) in [4.78, 5) is 55.9. The van der Waals surface area contributed by atoms with Crippen LogP contribution < -0.4 is 10.4 Å². The molecule has 11 nitrogen and oxygen atoms in total. The van der Waals surface area contributed by atoms with Gasteiger partial charge in [0.25, 0.3) is 0 Å². The largest absolute Gasteiger partial charge is 0.481 e. The summed E-state index contributed by atoms with van der Waals surface area (Å²) >= 11 is 0. The van der Waals surface area contributed by atoms with E-state index in [9.17, 15) is 19.2 Å². The van der Waals surface area contributed by atoms with E-state index >= 15 is 0 Å². The molecule has 1 saturated heterocycles. The summed E-state index contributed by atoms with van der Waals surface area (Å²) in [5, 5.41) is 0. The maximum Gasteiger partial charge on any atom is 0.353 e. The average molecular weight is 571 g/mol. The number of nitrogens with zero attached hydrogens (tertiary/aromatic N) is 2. The number of carbonyl (C=O) groups excluding carboxylic acids is 3. The van der Waals surface area contributed by atoms with Crippen LogP contribution in [0.3, 0.4) is 0 Å². The predicted molar refractivity (Wildman–Crippen MR) is 147 cm³/mol. The summed E-state index contributed by atoms with van der Waals surface area (Å²) < 4.78 is 29.5. The molecule has 3 aromatic carbocycles. The van der Waals surface area contributed by atoms with Gasteiger partial charge in [-0.25, -0.2) is 19.2 Å². The van der Waals surface area contributed by atoms with E-state index in [1.54, 1.807) is 91.0 Å². The van der Waals surface area contributed by atoms with E-state index in [4.69, 9.17) is 23.7 Å². The molecule has 2 heterocycles. The monoisotopic (exact) mass is 570 g/mol. The van der Waals surface area contributed by atoms with Gasteiger partial charge in [0.1, 0.15) is 12.7 Å². The van der Waals surface area contributed by atoms with Crippen molar-refractivity contribution >= 4 is 17.9 Å². The van der Waals surface area contributed by atoms with Gasteiger partial charge in [0.05, 0.1) is 23.8 Å². The third-order valence-electron chi connectivity index (χ3n) is 6.47. The molecule has 1 aliphatic rings. The third kappa shape index (κ3) is 6.37. The van der Waals surface area contributed by atoms with Crippen molar-refractivity contribution < 1.29 is 38.1 Å². The average Bonchev–Trinajstić information content (AvgIpc) is 3.36. The number of aromatic nitrogens is 2. The van der Waals surface area contributed by atoms with Gasteiger partial charge in [-0.2, -0.15) is 4.98 Å². The Bertz CT molecular complexity index is 1590. The molecule has 4 aromatic rings. The smallest absolute Gasteiger partial charge is 0.353 e. The van der Waals surface area contributed by atoms with Crippen molar-refractivity contribution in [3.8, 4) is 5.88 Å². The summed E-state index contributed by atoms with van der Waals surface area (Å²) in [6, 6.07) is 26.1. The topological polar surface area (TPSA) is 132 Å². The maximum absolute atomic E-state index is 13.2. The lowest BCUT2D eigenvalue weighted by Crippen LogP contribution is -2.42. The summed E-state index contributed by atoms with van der Waals surface area (Å²) in [6.07, 6.45) is -3.68. The van der Waals surface area contributed by atoms with Crippen LogP contribution in [0.1, 0.15) is 37.3 Å². The number of hydrogen-bond acceptors (Lipinski definition) is 10. The van der Waals surface area contributed by atoms with E-state index in [2.05, 4.69) is 4.98 Å². The Kier molecular flexibility index (Phi) is 8.69. The molecule has 0 bridgehead atoms. The first-order valence-electron chi connectivity index (χ1n) is 13.0. The van der Waals surface area contributed by atoms with E-state index < -0.39 is 48.1 Å². The number of carbonyl (C=O) groups is 3. The van der Waals surface area contributed by atoms with Gasteiger partial charge in [0, 0.05) is 12.3 Å². The van der Waals surface area contributed by atoms with Crippen molar-refractivity contribution in [2.45, 2.75) is 24.5 Å². The van der Waals surface area contributed by atoms with Crippen molar-refractivity contribution in [1.82, 2.24) is 9.55 Å². The maximum atomic E-state index is 13.2. The molecule has 1 aromatic heterocycles. The normalized spacial score (nSPS) is 19.5. The number of hydrogen-bond donors (Lipinski definition) is 0. The molecule has 0 N–H and O–H groups in total. The van der Waals surface area contributed by atoms with E-state index in [0.29, 0.717) is 5.56 Å². The molecule has 42 heavy (non-hydrogen) atoms. The highest BCUT2D eigenvalue weighted by Gasteiger charge is 2.51. The Balaban J connectivity index is 1.50. The molecule has 5 rings (SSSR count). The number of benzene rings is 3. The quantitative estimate of drug-likeness (QED) is 0.218. The highest BCUT2D eigenvalue weighted by molar-refractivity contribution is 5.91. The second kappa shape index (κ2) is 12.9. The van der Waals surface area contributed by atoms with Gasteiger partial charge in [-0.05, 0) is 36.4 Å². The predicted octanol–water partition coefficient (Wildman–Crippen LogP) is 3.46. The van der Waals surface area contributed by atoms with Gasteiger partial charge in [-0.1, -0.05) is 54.6 Å². The highest BCUT2D eigenvalue weighted by atomic mass is 16.7. The fourth-order valence-corrected chi connectivity index (χ4v) is 4.39. The van der Waals surface area contributed by atoms with Crippen molar-refractivity contribution in [3.63, 3.8) is 0 Å². The fourth-order valence-electron chi connectivity index (χ4n) is 4.39. The van der Waals surface area contributed by atoms with Gasteiger partial charge in [0.2, 0.25) is 5.88 Å². The lowest BCUT2D eigenvalue weighted by Gasteiger charge is -2.25. The van der Waals surface area contributed by atoms with Crippen molar-refractivity contribution in [2.75, 3.05) is 13.7 Å². The molecule has 0 radical (unpaired) electrons. The third-order valence-corrected chi connectivity index (χ3v) is 6.47. The van der Waals surface area contributed by atoms with Crippen LogP contribution in [0.25, 0.3) is 0 Å². The van der Waals surface area contributed by atoms with Crippen LogP contribution in [-0.4, -0.2) is 59.5 Å².